The Morgan fingerprint density at radius 3 is 2.55 bits per heavy atom. The number of esters is 1. The number of nitrogens with zero attached hydrogens (tertiary/aromatic N) is 2. The van der Waals surface area contributed by atoms with E-state index in [0.717, 1.165) is 28.7 Å². The molecule has 0 bridgehead atoms. The summed E-state index contributed by atoms with van der Waals surface area (Å²) in [5.74, 6) is -0.198. The molecule has 0 amide bonds. The van der Waals surface area contributed by atoms with E-state index in [9.17, 15) is 14.0 Å². The van der Waals surface area contributed by atoms with Gasteiger partial charge in [-0.3, -0.25) is 9.36 Å². The lowest BCUT2D eigenvalue weighted by Gasteiger charge is -2.24. The minimum absolute atomic E-state index is 0.192. The normalized spacial score (nSPS) is 14.7. The van der Waals surface area contributed by atoms with E-state index in [2.05, 4.69) is 45.2 Å². The molecular formula is C33H23FI2N2O4S2. The molecule has 1 aliphatic heterocycles. The fourth-order valence-electron chi connectivity index (χ4n) is 4.87. The number of hydrogen-bond donors (Lipinski definition) is 0. The van der Waals surface area contributed by atoms with Crippen LogP contribution in [0.25, 0.3) is 11.8 Å². The minimum Gasteiger partial charge on any atom is -0.487 e. The molecule has 1 aliphatic rings. The summed E-state index contributed by atoms with van der Waals surface area (Å²) in [5.41, 5.74) is 2.86. The Hall–Kier alpha value is -3.14. The molecule has 222 valence electrons. The fourth-order valence-corrected chi connectivity index (χ4v) is 8.73. The van der Waals surface area contributed by atoms with Crippen molar-refractivity contribution in [2.75, 3.05) is 6.61 Å². The number of halogens is 3. The van der Waals surface area contributed by atoms with E-state index in [-0.39, 0.29) is 24.6 Å². The number of carbonyl (C=O) groups is 1. The second kappa shape index (κ2) is 13.5. The zero-order valence-electron chi connectivity index (χ0n) is 23.1. The van der Waals surface area contributed by atoms with Gasteiger partial charge in [0, 0.05) is 19.6 Å². The topological polar surface area (TPSA) is 69.9 Å². The van der Waals surface area contributed by atoms with Gasteiger partial charge in [0.15, 0.2) is 4.80 Å². The summed E-state index contributed by atoms with van der Waals surface area (Å²) in [6.45, 7) is 2.19. The van der Waals surface area contributed by atoms with Gasteiger partial charge < -0.3 is 9.47 Å². The highest BCUT2D eigenvalue weighted by atomic mass is 127. The molecule has 0 radical (unpaired) electrons. The van der Waals surface area contributed by atoms with E-state index in [4.69, 9.17) is 14.5 Å². The molecule has 44 heavy (non-hydrogen) atoms. The number of benzene rings is 3. The van der Waals surface area contributed by atoms with Crippen LogP contribution in [0.1, 0.15) is 34.5 Å². The third kappa shape index (κ3) is 6.32. The van der Waals surface area contributed by atoms with E-state index in [1.54, 1.807) is 23.6 Å². The molecule has 5 aromatic rings. The maximum Gasteiger partial charge on any atom is 0.338 e. The molecule has 11 heteroatoms. The van der Waals surface area contributed by atoms with Crippen LogP contribution in [0.15, 0.2) is 99.6 Å². The van der Waals surface area contributed by atoms with Crippen molar-refractivity contribution in [1.82, 2.24) is 4.57 Å². The highest BCUT2D eigenvalue weighted by Crippen LogP contribution is 2.37. The number of carbonyl (C=O) groups excluding carboxylic acids is 1. The number of thiophene rings is 1. The molecule has 0 saturated heterocycles. The smallest absolute Gasteiger partial charge is 0.338 e. The molecule has 0 aliphatic carbocycles. The van der Waals surface area contributed by atoms with Crippen LogP contribution in [0, 0.1) is 13.0 Å². The van der Waals surface area contributed by atoms with Gasteiger partial charge in [0.05, 0.1) is 26.0 Å². The van der Waals surface area contributed by atoms with Gasteiger partial charge in [-0.15, -0.1) is 11.3 Å². The van der Waals surface area contributed by atoms with Crippen molar-refractivity contribution in [2.24, 2.45) is 4.99 Å². The molecule has 3 heterocycles. The molecule has 0 N–H and O–H groups in total. The zero-order valence-corrected chi connectivity index (χ0v) is 29.1. The lowest BCUT2D eigenvalue weighted by Crippen LogP contribution is -2.39. The Morgan fingerprint density at radius 1 is 1.07 bits per heavy atom. The predicted molar refractivity (Wildman–Crippen MR) is 188 cm³/mol. The van der Waals surface area contributed by atoms with Crippen LogP contribution in [-0.4, -0.2) is 17.1 Å². The van der Waals surface area contributed by atoms with Gasteiger partial charge in [0.25, 0.3) is 5.56 Å². The predicted octanol–water partition coefficient (Wildman–Crippen LogP) is 6.92. The summed E-state index contributed by atoms with van der Waals surface area (Å²) in [6.07, 6.45) is 1.82. The summed E-state index contributed by atoms with van der Waals surface area (Å²) < 4.78 is 29.1. The van der Waals surface area contributed by atoms with E-state index in [0.29, 0.717) is 26.4 Å². The second-order valence-electron chi connectivity index (χ2n) is 9.67. The van der Waals surface area contributed by atoms with Crippen molar-refractivity contribution in [3.05, 3.63) is 144 Å². The van der Waals surface area contributed by atoms with Gasteiger partial charge in [-0.05, 0) is 99.5 Å². The zero-order chi connectivity index (χ0) is 30.8. The molecular weight excluding hydrogens is 825 g/mol. The molecule has 0 unspecified atom stereocenters. The Kier molecular flexibility index (Phi) is 9.45. The molecule has 0 saturated carbocycles. The van der Waals surface area contributed by atoms with Crippen LogP contribution in [-0.2, 0) is 16.1 Å². The SMILES string of the molecule is CCOC(=O)C1=C(c2ccccc2)N=c2s/c(=C\c3cc(I)cc(I)c3OCc3ccc(F)cc3)c(=O)n2[C@@H]1c1cccs1. The first-order chi connectivity index (χ1) is 21.3. The Labute approximate surface area is 287 Å². The monoisotopic (exact) mass is 848 g/mol. The fraction of sp³-hybridized carbons (Fsp3) is 0.121. The first kappa shape index (κ1) is 30.9. The average molecular weight is 848 g/mol. The summed E-state index contributed by atoms with van der Waals surface area (Å²) in [4.78, 5) is 34.0. The van der Waals surface area contributed by atoms with Gasteiger partial charge in [-0.1, -0.05) is 59.9 Å². The summed E-state index contributed by atoms with van der Waals surface area (Å²) in [7, 11) is 0. The molecule has 2 aromatic heterocycles. The highest BCUT2D eigenvalue weighted by Gasteiger charge is 2.35. The van der Waals surface area contributed by atoms with Gasteiger partial charge in [-0.2, -0.15) is 0 Å². The maximum absolute atomic E-state index is 14.2. The number of fused-ring (bicyclic) bond motifs is 1. The summed E-state index contributed by atoms with van der Waals surface area (Å²) >= 11 is 7.19. The first-order valence-corrected chi connectivity index (χ1v) is 17.4. The van der Waals surface area contributed by atoms with Gasteiger partial charge in [-0.25, -0.2) is 14.2 Å². The highest BCUT2D eigenvalue weighted by molar-refractivity contribution is 14.1. The van der Waals surface area contributed by atoms with Gasteiger partial charge in [0.2, 0.25) is 0 Å². The van der Waals surface area contributed by atoms with Crippen LogP contribution in [0.2, 0.25) is 0 Å². The lowest BCUT2D eigenvalue weighted by molar-refractivity contribution is -0.138. The molecule has 6 nitrogen and oxygen atoms in total. The first-order valence-electron chi connectivity index (χ1n) is 13.5. The molecule has 0 spiro atoms. The molecule has 0 fully saturated rings. The van der Waals surface area contributed by atoms with Crippen molar-refractivity contribution in [3.63, 3.8) is 0 Å². The van der Waals surface area contributed by atoms with Gasteiger partial charge in [0.1, 0.15) is 24.2 Å². The second-order valence-corrected chi connectivity index (χ2v) is 14.1. The third-order valence-corrected chi connectivity index (χ3v) is 10.1. The van der Waals surface area contributed by atoms with Crippen molar-refractivity contribution in [1.29, 1.82) is 0 Å². The van der Waals surface area contributed by atoms with Crippen LogP contribution in [0.4, 0.5) is 4.39 Å². The van der Waals surface area contributed by atoms with E-state index >= 15 is 0 Å². The number of aromatic nitrogens is 1. The molecule has 6 rings (SSSR count). The third-order valence-electron chi connectivity index (χ3n) is 6.81. The van der Waals surface area contributed by atoms with Crippen molar-refractivity contribution in [2.45, 2.75) is 19.6 Å². The van der Waals surface area contributed by atoms with E-state index < -0.39 is 12.0 Å². The number of ether oxygens (including phenoxy) is 2. The summed E-state index contributed by atoms with van der Waals surface area (Å²) in [6, 6.07) is 22.7. The Balaban J connectivity index is 1.53. The van der Waals surface area contributed by atoms with E-state index in [1.165, 1.54) is 34.8 Å². The number of hydrogen-bond acceptors (Lipinski definition) is 7. The maximum atomic E-state index is 14.2. The van der Waals surface area contributed by atoms with Crippen molar-refractivity contribution >= 4 is 85.6 Å². The molecule has 3 aromatic carbocycles. The van der Waals surface area contributed by atoms with Gasteiger partial charge >= 0.3 is 5.97 Å². The molecule has 1 atom stereocenters. The van der Waals surface area contributed by atoms with Crippen LogP contribution < -0.4 is 19.6 Å². The van der Waals surface area contributed by atoms with E-state index in [1.807, 2.05) is 66.1 Å². The van der Waals surface area contributed by atoms with Crippen LogP contribution in [0.5, 0.6) is 5.75 Å². The summed E-state index contributed by atoms with van der Waals surface area (Å²) in [5, 5.41) is 1.93. The van der Waals surface area contributed by atoms with Crippen molar-refractivity contribution in [3.8, 4) is 5.75 Å². The quantitative estimate of drug-likeness (QED) is 0.126. The van der Waals surface area contributed by atoms with Crippen LogP contribution in [0.3, 0.4) is 0 Å². The van der Waals surface area contributed by atoms with Crippen LogP contribution >= 0.6 is 67.9 Å². The lowest BCUT2D eigenvalue weighted by atomic mass is 9.97. The number of rotatable bonds is 8. The Morgan fingerprint density at radius 2 is 1.84 bits per heavy atom. The largest absolute Gasteiger partial charge is 0.487 e. The van der Waals surface area contributed by atoms with Crippen molar-refractivity contribution < 1.29 is 18.7 Å². The number of thiazole rings is 1. The standard InChI is InChI=1S/C33H23FI2N2O4S2/c1-2-41-32(40)27-28(20-7-4-3-5-8-20)37-33-38(29(27)25-9-6-14-43-25)31(39)26(44-33)16-21-15-23(35)17-24(36)30(21)42-18-19-10-12-22(34)13-11-19/h3-17,29H,2,18H2,1H3/b26-16-/t29-/m1/s1. The minimum atomic E-state index is -0.701. The Bertz CT molecular complexity index is 2060. The average Bonchev–Trinajstić information content (AvgIpc) is 3.65.